The van der Waals surface area contributed by atoms with Crippen LogP contribution in [0.3, 0.4) is 0 Å². The number of ketones is 1. The van der Waals surface area contributed by atoms with Crippen LogP contribution in [0.2, 0.25) is 0 Å². The van der Waals surface area contributed by atoms with Gasteiger partial charge in [-0.3, -0.25) is 9.79 Å². The van der Waals surface area contributed by atoms with Crippen molar-refractivity contribution < 1.29 is 4.79 Å². The highest BCUT2D eigenvalue weighted by Crippen LogP contribution is 1.97. The van der Waals surface area contributed by atoms with Crippen LogP contribution in [0.5, 0.6) is 0 Å². The number of carbonyl (C=O) groups is 1. The van der Waals surface area contributed by atoms with E-state index in [1.54, 1.807) is 6.92 Å². The van der Waals surface area contributed by atoms with E-state index in [1.807, 2.05) is 12.2 Å². The van der Waals surface area contributed by atoms with Gasteiger partial charge in [-0.1, -0.05) is 6.08 Å². The lowest BCUT2D eigenvalue weighted by Gasteiger charge is -1.89. The molecule has 0 N–H and O–H groups in total. The molecule has 0 atom stereocenters. The third kappa shape index (κ3) is 1.80. The molecule has 0 spiro atoms. The molecule has 0 amide bonds. The topological polar surface area (TPSA) is 29.4 Å². The molecule has 0 radical (unpaired) electrons. The van der Waals surface area contributed by atoms with E-state index in [4.69, 9.17) is 0 Å². The minimum atomic E-state index is 0.181. The highest BCUT2D eigenvalue weighted by atomic mass is 16.1. The van der Waals surface area contributed by atoms with Gasteiger partial charge in [0.25, 0.3) is 0 Å². The number of allylic oxidation sites excluding steroid dienone is 1. The monoisotopic (exact) mass is 123 g/mol. The SMILES string of the molecule is CC(=O)CC1=NCC=C1. The summed E-state index contributed by atoms with van der Waals surface area (Å²) >= 11 is 0. The van der Waals surface area contributed by atoms with Gasteiger partial charge in [0.15, 0.2) is 0 Å². The molecule has 2 heteroatoms. The van der Waals surface area contributed by atoms with Gasteiger partial charge >= 0.3 is 0 Å². The fourth-order valence-electron chi connectivity index (χ4n) is 0.781. The Hall–Kier alpha value is -0.920. The molecule has 1 rings (SSSR count). The molecule has 0 aromatic carbocycles. The summed E-state index contributed by atoms with van der Waals surface area (Å²) in [6.45, 7) is 2.33. The number of rotatable bonds is 2. The third-order valence-electron chi connectivity index (χ3n) is 1.14. The van der Waals surface area contributed by atoms with Crippen LogP contribution in [-0.2, 0) is 4.79 Å². The lowest BCUT2D eigenvalue weighted by Crippen LogP contribution is -1.98. The second-order valence-electron chi connectivity index (χ2n) is 2.11. The summed E-state index contributed by atoms with van der Waals surface area (Å²) in [5, 5.41) is 0. The molecule has 0 saturated heterocycles. The van der Waals surface area contributed by atoms with Crippen molar-refractivity contribution >= 4 is 11.5 Å². The van der Waals surface area contributed by atoms with Gasteiger partial charge in [0, 0.05) is 12.1 Å². The van der Waals surface area contributed by atoms with Crippen LogP contribution in [0.4, 0.5) is 0 Å². The van der Waals surface area contributed by atoms with Crippen molar-refractivity contribution in [1.29, 1.82) is 0 Å². The first kappa shape index (κ1) is 6.20. The standard InChI is InChI=1S/C7H9NO/c1-6(9)5-7-3-2-4-8-7/h2-3H,4-5H2,1H3. The minimum absolute atomic E-state index is 0.181. The molecule has 0 saturated carbocycles. The van der Waals surface area contributed by atoms with Crippen LogP contribution in [-0.4, -0.2) is 18.0 Å². The number of hydrogen-bond donors (Lipinski definition) is 0. The molecule has 9 heavy (non-hydrogen) atoms. The molecule has 0 bridgehead atoms. The summed E-state index contributed by atoms with van der Waals surface area (Å²) in [5.41, 5.74) is 0.919. The smallest absolute Gasteiger partial charge is 0.135 e. The zero-order chi connectivity index (χ0) is 6.69. The van der Waals surface area contributed by atoms with E-state index < -0.39 is 0 Å². The minimum Gasteiger partial charge on any atom is -0.300 e. The molecule has 1 heterocycles. The van der Waals surface area contributed by atoms with E-state index in [1.165, 1.54) is 0 Å². The van der Waals surface area contributed by atoms with E-state index in [2.05, 4.69) is 4.99 Å². The predicted octanol–water partition coefficient (Wildman–Crippen LogP) is 0.976. The Bertz CT molecular complexity index is 179. The van der Waals surface area contributed by atoms with Gasteiger partial charge < -0.3 is 0 Å². The maximum Gasteiger partial charge on any atom is 0.135 e. The fraction of sp³-hybridized carbons (Fsp3) is 0.429. The van der Waals surface area contributed by atoms with Crippen molar-refractivity contribution in [2.45, 2.75) is 13.3 Å². The van der Waals surface area contributed by atoms with Gasteiger partial charge in [0.05, 0.1) is 6.54 Å². The molecule has 1 aliphatic rings. The average Bonchev–Trinajstić information content (AvgIpc) is 2.15. The Morgan fingerprint density at radius 2 is 2.67 bits per heavy atom. The molecular weight excluding hydrogens is 114 g/mol. The van der Waals surface area contributed by atoms with Crippen molar-refractivity contribution in [3.8, 4) is 0 Å². The Morgan fingerprint density at radius 3 is 3.11 bits per heavy atom. The average molecular weight is 123 g/mol. The van der Waals surface area contributed by atoms with Crippen molar-refractivity contribution in [1.82, 2.24) is 0 Å². The van der Waals surface area contributed by atoms with E-state index in [0.29, 0.717) is 6.42 Å². The zero-order valence-corrected chi connectivity index (χ0v) is 5.42. The molecule has 2 nitrogen and oxygen atoms in total. The summed E-state index contributed by atoms with van der Waals surface area (Å²) in [6.07, 6.45) is 4.36. The van der Waals surface area contributed by atoms with Gasteiger partial charge in [-0.25, -0.2) is 0 Å². The Labute approximate surface area is 54.3 Å². The molecule has 0 aromatic rings. The van der Waals surface area contributed by atoms with Gasteiger partial charge in [-0.2, -0.15) is 0 Å². The van der Waals surface area contributed by atoms with E-state index in [-0.39, 0.29) is 5.78 Å². The molecule has 0 fully saturated rings. The van der Waals surface area contributed by atoms with Crippen molar-refractivity contribution in [2.24, 2.45) is 4.99 Å². The summed E-state index contributed by atoms with van der Waals surface area (Å²) in [6, 6.07) is 0. The van der Waals surface area contributed by atoms with E-state index in [9.17, 15) is 4.79 Å². The highest BCUT2D eigenvalue weighted by molar-refractivity contribution is 6.07. The van der Waals surface area contributed by atoms with Crippen molar-refractivity contribution in [3.05, 3.63) is 12.2 Å². The van der Waals surface area contributed by atoms with Gasteiger partial charge in [-0.05, 0) is 13.0 Å². The second kappa shape index (κ2) is 2.58. The quantitative estimate of drug-likeness (QED) is 0.538. The lowest BCUT2D eigenvalue weighted by atomic mass is 10.2. The first-order chi connectivity index (χ1) is 4.29. The van der Waals surface area contributed by atoms with Crippen LogP contribution in [0.25, 0.3) is 0 Å². The van der Waals surface area contributed by atoms with Gasteiger partial charge in [0.2, 0.25) is 0 Å². The van der Waals surface area contributed by atoms with Crippen LogP contribution in [0.1, 0.15) is 13.3 Å². The number of Topliss-reactive ketones (excluding diaryl/α,β-unsaturated/α-hetero) is 1. The number of aliphatic imine (C=N–C) groups is 1. The van der Waals surface area contributed by atoms with Crippen LogP contribution >= 0.6 is 0 Å². The normalized spacial score (nSPS) is 15.9. The Kier molecular flexibility index (Phi) is 1.78. The molecular formula is C7H9NO. The van der Waals surface area contributed by atoms with Crippen molar-refractivity contribution in [2.75, 3.05) is 6.54 Å². The zero-order valence-electron chi connectivity index (χ0n) is 5.42. The maximum atomic E-state index is 10.5. The molecule has 1 aliphatic heterocycles. The largest absolute Gasteiger partial charge is 0.300 e. The summed E-state index contributed by atoms with van der Waals surface area (Å²) in [7, 11) is 0. The Morgan fingerprint density at radius 1 is 1.89 bits per heavy atom. The summed E-state index contributed by atoms with van der Waals surface area (Å²) in [5.74, 6) is 0.181. The summed E-state index contributed by atoms with van der Waals surface area (Å²) in [4.78, 5) is 14.5. The third-order valence-corrected chi connectivity index (χ3v) is 1.14. The van der Waals surface area contributed by atoms with Gasteiger partial charge in [0.1, 0.15) is 5.78 Å². The number of hydrogen-bond acceptors (Lipinski definition) is 2. The molecule has 0 aliphatic carbocycles. The first-order valence-corrected chi connectivity index (χ1v) is 2.98. The maximum absolute atomic E-state index is 10.5. The fourth-order valence-corrected chi connectivity index (χ4v) is 0.781. The highest BCUT2D eigenvalue weighted by Gasteiger charge is 2.01. The second-order valence-corrected chi connectivity index (χ2v) is 2.11. The molecule has 0 unspecified atom stereocenters. The summed E-state index contributed by atoms with van der Waals surface area (Å²) < 4.78 is 0. The van der Waals surface area contributed by atoms with Gasteiger partial charge in [-0.15, -0.1) is 0 Å². The number of carbonyl (C=O) groups excluding carboxylic acids is 1. The lowest BCUT2D eigenvalue weighted by molar-refractivity contribution is -0.115. The van der Waals surface area contributed by atoms with Crippen LogP contribution in [0.15, 0.2) is 17.1 Å². The first-order valence-electron chi connectivity index (χ1n) is 2.98. The van der Waals surface area contributed by atoms with Crippen LogP contribution in [0, 0.1) is 0 Å². The van der Waals surface area contributed by atoms with Crippen LogP contribution < -0.4 is 0 Å². The van der Waals surface area contributed by atoms with E-state index >= 15 is 0 Å². The number of nitrogens with zero attached hydrogens (tertiary/aromatic N) is 1. The Balaban J connectivity index is 2.45. The predicted molar refractivity (Wildman–Crippen MR) is 36.7 cm³/mol. The molecule has 48 valence electrons. The van der Waals surface area contributed by atoms with E-state index in [0.717, 1.165) is 12.3 Å². The molecule has 0 aromatic heterocycles. The van der Waals surface area contributed by atoms with Crippen molar-refractivity contribution in [3.63, 3.8) is 0 Å².